The van der Waals surface area contributed by atoms with Gasteiger partial charge in [0, 0.05) is 11.8 Å². The molecule has 3 aromatic carbocycles. The minimum absolute atomic E-state index is 0.00744. The Kier molecular flexibility index (Phi) is 5.66. The Hall–Kier alpha value is -4.10. The second-order valence-corrected chi connectivity index (χ2v) is 10.3. The molecule has 4 aromatic rings. The van der Waals surface area contributed by atoms with E-state index >= 15 is 0 Å². The molecule has 2 fully saturated rings. The zero-order valence-electron chi connectivity index (χ0n) is 20.8. The first kappa shape index (κ1) is 23.0. The normalized spacial score (nSPS) is 22.1. The van der Waals surface area contributed by atoms with Crippen LogP contribution >= 0.6 is 0 Å². The van der Waals surface area contributed by atoms with Gasteiger partial charge in [-0.05, 0) is 47.2 Å². The average Bonchev–Trinajstić information content (AvgIpc) is 3.28. The van der Waals surface area contributed by atoms with Gasteiger partial charge in [0.15, 0.2) is 5.78 Å². The Labute approximate surface area is 220 Å². The van der Waals surface area contributed by atoms with Crippen molar-refractivity contribution >= 4 is 22.9 Å². The van der Waals surface area contributed by atoms with E-state index in [-0.39, 0.29) is 42.4 Å². The number of piperidine rings is 1. The molecule has 0 saturated carbocycles. The second-order valence-electron chi connectivity index (χ2n) is 10.3. The monoisotopic (exact) mass is 505 g/mol. The van der Waals surface area contributed by atoms with Crippen molar-refractivity contribution in [2.75, 3.05) is 19.8 Å². The Bertz CT molecular complexity index is 1490. The zero-order valence-corrected chi connectivity index (χ0v) is 20.8. The molecule has 1 aliphatic carbocycles. The van der Waals surface area contributed by atoms with Crippen LogP contribution in [-0.4, -0.2) is 58.6 Å². The van der Waals surface area contributed by atoms with E-state index in [0.717, 1.165) is 5.52 Å². The lowest BCUT2D eigenvalue weighted by atomic mass is 9.82. The number of carbonyl (C=O) groups is 2. The van der Waals surface area contributed by atoms with E-state index in [2.05, 4.69) is 34.2 Å². The van der Waals surface area contributed by atoms with Crippen molar-refractivity contribution in [3.8, 4) is 11.1 Å². The molecular formula is C31H27N3O4. The predicted molar refractivity (Wildman–Crippen MR) is 142 cm³/mol. The minimum atomic E-state index is -0.332. The summed E-state index contributed by atoms with van der Waals surface area (Å²) in [5.41, 5.74) is 6.62. The van der Waals surface area contributed by atoms with Crippen molar-refractivity contribution in [3.05, 3.63) is 95.8 Å². The molecule has 3 heterocycles. The Morgan fingerprint density at radius 2 is 1.45 bits per heavy atom. The van der Waals surface area contributed by atoms with Crippen LogP contribution in [0.4, 0.5) is 4.79 Å². The highest BCUT2D eigenvalue weighted by Crippen LogP contribution is 2.44. The fourth-order valence-corrected chi connectivity index (χ4v) is 6.38. The molecule has 2 unspecified atom stereocenters. The summed E-state index contributed by atoms with van der Waals surface area (Å²) in [6.07, 6.45) is 2.28. The molecule has 0 radical (unpaired) electrons. The van der Waals surface area contributed by atoms with Gasteiger partial charge in [0.05, 0.1) is 42.5 Å². The van der Waals surface area contributed by atoms with E-state index in [4.69, 9.17) is 9.47 Å². The molecular weight excluding hydrogens is 478 g/mol. The molecule has 2 saturated heterocycles. The highest BCUT2D eigenvalue weighted by Gasteiger charge is 2.45. The number of fused-ring (bicyclic) bond motifs is 6. The van der Waals surface area contributed by atoms with Gasteiger partial charge < -0.3 is 9.47 Å². The highest BCUT2D eigenvalue weighted by atomic mass is 16.6. The molecule has 3 aliphatic rings. The molecule has 7 nitrogen and oxygen atoms in total. The van der Waals surface area contributed by atoms with Crippen LogP contribution in [0.5, 0.6) is 0 Å². The number of Topliss-reactive ketones (excluding diaryl/α,β-unsaturated/α-hetero) is 1. The van der Waals surface area contributed by atoms with Gasteiger partial charge in [0.25, 0.3) is 0 Å². The highest BCUT2D eigenvalue weighted by molar-refractivity contribution is 5.97. The summed E-state index contributed by atoms with van der Waals surface area (Å²) in [6, 6.07) is 23.7. The van der Waals surface area contributed by atoms with Crippen molar-refractivity contribution in [1.29, 1.82) is 0 Å². The van der Waals surface area contributed by atoms with Crippen molar-refractivity contribution in [1.82, 2.24) is 14.9 Å². The number of nitrogens with zero attached hydrogens (tertiary/aromatic N) is 3. The summed E-state index contributed by atoms with van der Waals surface area (Å²) in [4.78, 5) is 37.6. The van der Waals surface area contributed by atoms with Crippen LogP contribution in [0.1, 0.15) is 40.4 Å². The zero-order chi connectivity index (χ0) is 25.6. The lowest BCUT2D eigenvalue weighted by Crippen LogP contribution is -2.60. The number of benzene rings is 3. The van der Waals surface area contributed by atoms with Crippen LogP contribution < -0.4 is 0 Å². The lowest BCUT2D eigenvalue weighted by molar-refractivity contribution is -0.0748. The first-order valence-corrected chi connectivity index (χ1v) is 13.1. The Morgan fingerprint density at radius 3 is 2.13 bits per heavy atom. The van der Waals surface area contributed by atoms with Crippen LogP contribution in [0.15, 0.2) is 79.0 Å². The first-order valence-electron chi connectivity index (χ1n) is 13.1. The summed E-state index contributed by atoms with van der Waals surface area (Å²) in [5, 5.41) is 0. The number of hydrogen-bond acceptors (Lipinski definition) is 6. The number of aromatic nitrogens is 2. The van der Waals surface area contributed by atoms with Crippen molar-refractivity contribution in [3.63, 3.8) is 0 Å². The number of para-hydroxylation sites is 2. The van der Waals surface area contributed by atoms with Crippen LogP contribution in [0, 0.1) is 5.92 Å². The Morgan fingerprint density at radius 1 is 0.842 bits per heavy atom. The average molecular weight is 506 g/mol. The second kappa shape index (κ2) is 9.33. The topological polar surface area (TPSA) is 81.6 Å². The number of hydrogen-bond donors (Lipinski definition) is 0. The van der Waals surface area contributed by atoms with Gasteiger partial charge in [-0.1, -0.05) is 60.7 Å². The first-order chi connectivity index (χ1) is 18.7. The molecule has 2 bridgehead atoms. The Balaban J connectivity index is 1.07. The van der Waals surface area contributed by atoms with Gasteiger partial charge >= 0.3 is 6.09 Å². The predicted octanol–water partition coefficient (Wildman–Crippen LogP) is 5.24. The standard InChI is InChI=1S/C31H27N3O4/c35-30(29-15-32-27-11-5-6-12-28(27)33-29)19-13-20-16-37-17-21(14-19)34(20)31(36)38-18-26-24-9-3-1-7-22(24)23-8-2-4-10-25(23)26/h1-12,15,19-21,26H,13-14,16-18H2. The summed E-state index contributed by atoms with van der Waals surface area (Å²) >= 11 is 0. The number of rotatable bonds is 4. The molecule has 2 aliphatic heterocycles. The van der Waals surface area contributed by atoms with E-state index in [1.807, 2.05) is 53.4 Å². The maximum atomic E-state index is 13.4. The van der Waals surface area contributed by atoms with Crippen molar-refractivity contribution < 1.29 is 19.1 Å². The van der Waals surface area contributed by atoms with Gasteiger partial charge in [-0.15, -0.1) is 0 Å². The molecule has 0 N–H and O–H groups in total. The van der Waals surface area contributed by atoms with Gasteiger partial charge in [-0.25, -0.2) is 9.78 Å². The summed E-state index contributed by atoms with van der Waals surface area (Å²) in [7, 11) is 0. The van der Waals surface area contributed by atoms with E-state index < -0.39 is 0 Å². The molecule has 7 rings (SSSR count). The van der Waals surface area contributed by atoms with Gasteiger partial charge in [-0.2, -0.15) is 0 Å². The van der Waals surface area contributed by atoms with E-state index in [1.54, 1.807) is 6.20 Å². The van der Waals surface area contributed by atoms with E-state index in [0.29, 0.717) is 37.3 Å². The van der Waals surface area contributed by atoms with Crippen LogP contribution in [0.3, 0.4) is 0 Å². The number of amides is 1. The fourth-order valence-electron chi connectivity index (χ4n) is 6.38. The molecule has 2 atom stereocenters. The third kappa shape index (κ3) is 3.85. The largest absolute Gasteiger partial charge is 0.448 e. The van der Waals surface area contributed by atoms with E-state index in [9.17, 15) is 9.59 Å². The smallest absolute Gasteiger partial charge is 0.410 e. The molecule has 1 aromatic heterocycles. The van der Waals surface area contributed by atoms with Crippen LogP contribution in [-0.2, 0) is 9.47 Å². The molecule has 190 valence electrons. The molecule has 1 amide bonds. The van der Waals surface area contributed by atoms with Gasteiger partial charge in [0.2, 0.25) is 0 Å². The van der Waals surface area contributed by atoms with Crippen molar-refractivity contribution in [2.24, 2.45) is 5.92 Å². The lowest BCUT2D eigenvalue weighted by Gasteiger charge is -2.47. The number of morpholine rings is 1. The number of ether oxygens (including phenoxy) is 2. The maximum absolute atomic E-state index is 13.4. The number of ketones is 1. The van der Waals surface area contributed by atoms with Gasteiger partial charge in [0.1, 0.15) is 12.3 Å². The SMILES string of the molecule is O=C(c1cnc2ccccc2n1)C1CC2COCC(C1)N2C(=O)OCC1c2ccccc2-c2ccccc21. The number of carbonyl (C=O) groups excluding carboxylic acids is 2. The van der Waals surface area contributed by atoms with E-state index in [1.165, 1.54) is 22.3 Å². The fraction of sp³-hybridized carbons (Fsp3) is 0.290. The minimum Gasteiger partial charge on any atom is -0.448 e. The molecule has 0 spiro atoms. The quantitative estimate of drug-likeness (QED) is 0.353. The third-order valence-electron chi connectivity index (χ3n) is 8.14. The third-order valence-corrected chi connectivity index (χ3v) is 8.14. The van der Waals surface area contributed by atoms with Crippen molar-refractivity contribution in [2.45, 2.75) is 30.8 Å². The molecule has 38 heavy (non-hydrogen) atoms. The van der Waals surface area contributed by atoms with Crippen LogP contribution in [0.25, 0.3) is 22.2 Å². The van der Waals surface area contributed by atoms with Gasteiger partial charge in [-0.3, -0.25) is 14.7 Å². The summed E-state index contributed by atoms with van der Waals surface area (Å²) < 4.78 is 11.8. The summed E-state index contributed by atoms with van der Waals surface area (Å²) in [6.45, 7) is 1.07. The summed E-state index contributed by atoms with van der Waals surface area (Å²) in [5.74, 6) is -0.248. The van der Waals surface area contributed by atoms with Crippen LogP contribution in [0.2, 0.25) is 0 Å². The maximum Gasteiger partial charge on any atom is 0.410 e. The molecule has 7 heteroatoms.